The molecule has 0 radical (unpaired) electrons. The monoisotopic (exact) mass is 340 g/mol. The first kappa shape index (κ1) is 15.5. The Morgan fingerprint density at radius 2 is 2.12 bits per heavy atom. The van der Waals surface area contributed by atoms with E-state index in [0.29, 0.717) is 17.9 Å². The largest absolute Gasteiger partial charge is 0.335 e. The van der Waals surface area contributed by atoms with Crippen LogP contribution in [0, 0.1) is 5.82 Å². The topological polar surface area (TPSA) is 68.8 Å². The molecular formula is C17H17FN6O. The summed E-state index contributed by atoms with van der Waals surface area (Å²) in [6.07, 6.45) is 8.89. The number of carbonyl (C=O) groups is 1. The second-order valence-corrected chi connectivity index (χ2v) is 6.08. The van der Waals surface area contributed by atoms with Crippen LogP contribution in [0.4, 0.5) is 4.39 Å². The van der Waals surface area contributed by atoms with Gasteiger partial charge in [0.05, 0.1) is 24.3 Å². The number of benzene rings is 1. The van der Waals surface area contributed by atoms with Gasteiger partial charge >= 0.3 is 0 Å². The van der Waals surface area contributed by atoms with Crippen molar-refractivity contribution in [2.45, 2.75) is 25.4 Å². The molecule has 1 saturated heterocycles. The molecule has 1 fully saturated rings. The molecule has 128 valence electrons. The zero-order valence-electron chi connectivity index (χ0n) is 13.5. The van der Waals surface area contributed by atoms with E-state index in [4.69, 9.17) is 0 Å². The Morgan fingerprint density at radius 1 is 1.28 bits per heavy atom. The molecule has 2 aromatic heterocycles. The van der Waals surface area contributed by atoms with Gasteiger partial charge < -0.3 is 9.47 Å². The first-order valence-electron chi connectivity index (χ1n) is 8.16. The predicted octanol–water partition coefficient (Wildman–Crippen LogP) is 1.91. The molecule has 0 bridgehead atoms. The fourth-order valence-corrected chi connectivity index (χ4v) is 3.16. The second-order valence-electron chi connectivity index (χ2n) is 6.08. The Hall–Kier alpha value is -3.03. The Morgan fingerprint density at radius 3 is 2.88 bits per heavy atom. The van der Waals surface area contributed by atoms with Crippen LogP contribution >= 0.6 is 0 Å². The third kappa shape index (κ3) is 3.15. The number of halogens is 1. The van der Waals surface area contributed by atoms with Gasteiger partial charge in [0.25, 0.3) is 5.91 Å². The number of nitrogens with zero attached hydrogens (tertiary/aromatic N) is 6. The zero-order chi connectivity index (χ0) is 17.2. The number of rotatable bonds is 4. The maximum absolute atomic E-state index is 13.0. The molecule has 0 saturated carbocycles. The van der Waals surface area contributed by atoms with Gasteiger partial charge in [-0.2, -0.15) is 0 Å². The van der Waals surface area contributed by atoms with E-state index in [0.717, 1.165) is 19.4 Å². The average Bonchev–Trinajstić information content (AvgIpc) is 3.37. The Balaban J connectivity index is 1.51. The second kappa shape index (κ2) is 6.46. The summed E-state index contributed by atoms with van der Waals surface area (Å²) in [7, 11) is 0. The summed E-state index contributed by atoms with van der Waals surface area (Å²) in [5, 5.41) is 7.99. The number of hydrogen-bond acceptors (Lipinski definition) is 4. The van der Waals surface area contributed by atoms with Gasteiger partial charge in [-0.25, -0.2) is 14.1 Å². The molecule has 3 heterocycles. The lowest BCUT2D eigenvalue weighted by molar-refractivity contribution is 0.0718. The molecule has 1 atom stereocenters. The molecule has 1 amide bonds. The lowest BCUT2D eigenvalue weighted by Gasteiger charge is -2.24. The summed E-state index contributed by atoms with van der Waals surface area (Å²) in [5.41, 5.74) is 0.950. The zero-order valence-corrected chi connectivity index (χ0v) is 13.5. The number of amides is 1. The molecule has 1 unspecified atom stereocenters. The summed E-state index contributed by atoms with van der Waals surface area (Å²) in [6, 6.07) is 6.00. The minimum absolute atomic E-state index is 0.123. The van der Waals surface area contributed by atoms with E-state index in [9.17, 15) is 9.18 Å². The number of aromatic nitrogens is 5. The molecule has 0 N–H and O–H groups in total. The highest BCUT2D eigenvalue weighted by Gasteiger charge is 2.31. The van der Waals surface area contributed by atoms with Crippen molar-refractivity contribution in [1.29, 1.82) is 0 Å². The molecule has 25 heavy (non-hydrogen) atoms. The van der Waals surface area contributed by atoms with Crippen LogP contribution in [0.3, 0.4) is 0 Å². The van der Waals surface area contributed by atoms with E-state index >= 15 is 0 Å². The third-order valence-corrected chi connectivity index (χ3v) is 4.42. The van der Waals surface area contributed by atoms with Gasteiger partial charge in [-0.1, -0.05) is 5.21 Å². The van der Waals surface area contributed by atoms with Crippen LogP contribution in [0.5, 0.6) is 0 Å². The van der Waals surface area contributed by atoms with Crippen molar-refractivity contribution in [3.8, 4) is 5.69 Å². The standard InChI is InChI=1S/C17H17FN6O/c18-13-3-5-14(6-4-13)24-11-16(20-21-24)17(25)23-8-1-2-15(23)10-22-9-7-19-12-22/h3-7,9,11-12,15H,1-2,8,10H2. The molecule has 1 aromatic carbocycles. The summed E-state index contributed by atoms with van der Waals surface area (Å²) in [6.45, 7) is 1.43. The highest BCUT2D eigenvalue weighted by Crippen LogP contribution is 2.21. The van der Waals surface area contributed by atoms with Gasteiger partial charge in [-0.3, -0.25) is 4.79 Å². The lowest BCUT2D eigenvalue weighted by Crippen LogP contribution is -2.38. The molecule has 0 spiro atoms. The van der Waals surface area contributed by atoms with E-state index in [1.54, 1.807) is 30.9 Å². The van der Waals surface area contributed by atoms with Gasteiger partial charge in [0.2, 0.25) is 0 Å². The highest BCUT2D eigenvalue weighted by atomic mass is 19.1. The van der Waals surface area contributed by atoms with Crippen LogP contribution in [-0.4, -0.2) is 47.9 Å². The van der Waals surface area contributed by atoms with Crippen molar-refractivity contribution >= 4 is 5.91 Å². The minimum atomic E-state index is -0.320. The number of carbonyl (C=O) groups excluding carboxylic acids is 1. The molecule has 1 aliphatic heterocycles. The number of likely N-dealkylation sites (tertiary alicyclic amines) is 1. The Bertz CT molecular complexity index is 858. The van der Waals surface area contributed by atoms with Crippen molar-refractivity contribution < 1.29 is 9.18 Å². The van der Waals surface area contributed by atoms with Gasteiger partial charge in [0, 0.05) is 25.5 Å². The fraction of sp³-hybridized carbons (Fsp3) is 0.294. The molecule has 4 rings (SSSR count). The Kier molecular flexibility index (Phi) is 4.01. The first-order chi connectivity index (χ1) is 12.2. The first-order valence-corrected chi connectivity index (χ1v) is 8.16. The summed E-state index contributed by atoms with van der Waals surface area (Å²) in [4.78, 5) is 18.7. The molecule has 3 aromatic rings. The van der Waals surface area contributed by atoms with Crippen LogP contribution in [0.25, 0.3) is 5.69 Å². The Labute approximate surface area is 143 Å². The number of hydrogen-bond donors (Lipinski definition) is 0. The van der Waals surface area contributed by atoms with E-state index in [2.05, 4.69) is 15.3 Å². The van der Waals surface area contributed by atoms with Crippen LogP contribution < -0.4 is 0 Å². The van der Waals surface area contributed by atoms with E-state index < -0.39 is 0 Å². The predicted molar refractivity (Wildman–Crippen MR) is 87.6 cm³/mol. The van der Waals surface area contributed by atoms with E-state index in [1.165, 1.54) is 16.8 Å². The minimum Gasteiger partial charge on any atom is -0.335 e. The van der Waals surface area contributed by atoms with Crippen LogP contribution in [0.15, 0.2) is 49.2 Å². The van der Waals surface area contributed by atoms with Crippen LogP contribution in [0.2, 0.25) is 0 Å². The quantitative estimate of drug-likeness (QED) is 0.727. The summed E-state index contributed by atoms with van der Waals surface area (Å²) >= 11 is 0. The molecular weight excluding hydrogens is 323 g/mol. The van der Waals surface area contributed by atoms with Gasteiger partial charge in [-0.05, 0) is 37.1 Å². The van der Waals surface area contributed by atoms with Gasteiger partial charge in [0.1, 0.15) is 5.82 Å². The van der Waals surface area contributed by atoms with Crippen molar-refractivity contribution in [2.24, 2.45) is 0 Å². The van der Waals surface area contributed by atoms with E-state index in [-0.39, 0.29) is 17.8 Å². The molecule has 1 aliphatic rings. The van der Waals surface area contributed by atoms with Crippen molar-refractivity contribution in [1.82, 2.24) is 29.4 Å². The molecule has 7 nitrogen and oxygen atoms in total. The van der Waals surface area contributed by atoms with Crippen LogP contribution in [-0.2, 0) is 6.54 Å². The normalized spacial score (nSPS) is 17.2. The van der Waals surface area contributed by atoms with Gasteiger partial charge in [0.15, 0.2) is 5.69 Å². The van der Waals surface area contributed by atoms with Crippen molar-refractivity contribution in [2.75, 3.05) is 6.54 Å². The molecule has 8 heteroatoms. The van der Waals surface area contributed by atoms with E-state index in [1.807, 2.05) is 15.7 Å². The summed E-state index contributed by atoms with van der Waals surface area (Å²) < 4.78 is 16.5. The maximum Gasteiger partial charge on any atom is 0.276 e. The fourth-order valence-electron chi connectivity index (χ4n) is 3.16. The average molecular weight is 340 g/mol. The lowest BCUT2D eigenvalue weighted by atomic mass is 10.2. The van der Waals surface area contributed by atoms with Crippen molar-refractivity contribution in [3.05, 3.63) is 60.7 Å². The maximum atomic E-state index is 13.0. The molecule has 0 aliphatic carbocycles. The number of imidazole rings is 1. The smallest absolute Gasteiger partial charge is 0.276 e. The van der Waals surface area contributed by atoms with Gasteiger partial charge in [-0.15, -0.1) is 5.10 Å². The SMILES string of the molecule is O=C(c1cn(-c2ccc(F)cc2)nn1)N1CCCC1Cn1ccnc1. The van der Waals surface area contributed by atoms with Crippen LogP contribution in [0.1, 0.15) is 23.3 Å². The highest BCUT2D eigenvalue weighted by molar-refractivity contribution is 5.92. The van der Waals surface area contributed by atoms with Crippen molar-refractivity contribution in [3.63, 3.8) is 0 Å². The summed E-state index contributed by atoms with van der Waals surface area (Å²) in [5.74, 6) is -0.449. The third-order valence-electron chi connectivity index (χ3n) is 4.42.